The van der Waals surface area contributed by atoms with Gasteiger partial charge in [-0.15, -0.1) is 0 Å². The molecule has 1 rings (SSSR count). The lowest BCUT2D eigenvalue weighted by Gasteiger charge is -2.21. The first-order valence-electron chi connectivity index (χ1n) is 3.00. The summed E-state index contributed by atoms with van der Waals surface area (Å²) >= 11 is 0. The molecule has 9 heavy (non-hydrogen) atoms. The number of rotatable bonds is 0. The molecule has 0 unspecified atom stereocenters. The summed E-state index contributed by atoms with van der Waals surface area (Å²) in [6.07, 6.45) is 0.127. The molecule has 3 nitrogen and oxygen atoms in total. The second-order valence-corrected chi connectivity index (χ2v) is 2.17. The largest absolute Gasteiger partial charge is 0.392 e. The van der Waals surface area contributed by atoms with E-state index in [2.05, 4.69) is 0 Å². The van der Waals surface area contributed by atoms with Gasteiger partial charge < -0.3 is 9.84 Å². The average molecular weight is 127 g/mol. The van der Waals surface area contributed by atoms with Crippen molar-refractivity contribution < 1.29 is 9.84 Å². The predicted molar refractivity (Wildman–Crippen MR) is 30.5 cm³/mol. The van der Waals surface area contributed by atoms with E-state index in [1.54, 1.807) is 0 Å². The molecule has 0 aromatic heterocycles. The summed E-state index contributed by atoms with van der Waals surface area (Å²) in [5.74, 6) is -0.307. The molecule has 1 aliphatic heterocycles. The lowest BCUT2D eigenvalue weighted by Crippen LogP contribution is -2.30. The highest BCUT2D eigenvalue weighted by molar-refractivity contribution is 4.89. The van der Waals surface area contributed by atoms with Crippen molar-refractivity contribution in [1.82, 2.24) is 0 Å². The Hall–Kier alpha value is -0.590. The van der Waals surface area contributed by atoms with E-state index in [4.69, 9.17) is 15.1 Å². The normalized spacial score (nSPS) is 35.6. The Balaban J connectivity index is 2.41. The number of nitriles is 1. The molecule has 1 N–H and O–H groups in total. The molecular formula is C6H9NO2. The van der Waals surface area contributed by atoms with E-state index in [0.717, 1.165) is 0 Å². The van der Waals surface area contributed by atoms with Crippen molar-refractivity contribution in [3.8, 4) is 6.07 Å². The molecule has 1 heterocycles. The fraction of sp³-hybridized carbons (Fsp3) is 0.833. The highest BCUT2D eigenvalue weighted by Gasteiger charge is 2.22. The fourth-order valence-corrected chi connectivity index (χ4v) is 0.850. The van der Waals surface area contributed by atoms with Gasteiger partial charge in [-0.3, -0.25) is 0 Å². The molecule has 0 aromatic carbocycles. The van der Waals surface area contributed by atoms with Crippen molar-refractivity contribution >= 4 is 0 Å². The van der Waals surface area contributed by atoms with Crippen molar-refractivity contribution in [2.24, 2.45) is 5.92 Å². The number of hydrogen-bond donors (Lipinski definition) is 1. The van der Waals surface area contributed by atoms with Gasteiger partial charge in [0.1, 0.15) is 0 Å². The molecule has 2 atom stereocenters. The monoisotopic (exact) mass is 127 g/mol. The van der Waals surface area contributed by atoms with E-state index >= 15 is 0 Å². The molecule has 1 fully saturated rings. The Kier molecular flexibility index (Phi) is 2.04. The second-order valence-electron chi connectivity index (χ2n) is 2.17. The van der Waals surface area contributed by atoms with E-state index in [-0.39, 0.29) is 5.92 Å². The quantitative estimate of drug-likeness (QED) is 0.494. The lowest BCUT2D eigenvalue weighted by molar-refractivity contribution is -0.0149. The van der Waals surface area contributed by atoms with Gasteiger partial charge in [0.05, 0.1) is 24.7 Å². The van der Waals surface area contributed by atoms with Crippen LogP contribution in [0, 0.1) is 17.2 Å². The average Bonchev–Trinajstić information content (AvgIpc) is 1.89. The number of ether oxygens (including phenoxy) is 1. The summed E-state index contributed by atoms with van der Waals surface area (Å²) in [6.45, 7) is 0.969. The van der Waals surface area contributed by atoms with Gasteiger partial charge in [-0.05, 0) is 6.42 Å². The third-order valence-electron chi connectivity index (χ3n) is 1.49. The van der Waals surface area contributed by atoms with Gasteiger partial charge in [0.25, 0.3) is 0 Å². The third-order valence-corrected chi connectivity index (χ3v) is 1.49. The maximum Gasteiger partial charge on any atom is 0.0956 e. The van der Waals surface area contributed by atoms with E-state index in [1.807, 2.05) is 6.07 Å². The van der Waals surface area contributed by atoms with E-state index in [1.165, 1.54) is 0 Å². The molecule has 0 amide bonds. The van der Waals surface area contributed by atoms with Crippen LogP contribution in [-0.4, -0.2) is 24.4 Å². The Morgan fingerprint density at radius 3 is 2.89 bits per heavy atom. The van der Waals surface area contributed by atoms with Crippen LogP contribution in [0.3, 0.4) is 0 Å². The minimum atomic E-state index is -0.469. The van der Waals surface area contributed by atoms with Crippen LogP contribution in [0.1, 0.15) is 6.42 Å². The van der Waals surface area contributed by atoms with Crippen LogP contribution in [0.2, 0.25) is 0 Å². The summed E-state index contributed by atoms with van der Waals surface area (Å²) in [6, 6.07) is 1.98. The van der Waals surface area contributed by atoms with Crippen molar-refractivity contribution in [2.75, 3.05) is 13.2 Å². The molecule has 0 aliphatic carbocycles. The standard InChI is InChI=1S/C6H9NO2/c7-3-5-4-9-2-1-6(5)8/h5-6,8H,1-2,4H2/t5-,6-/m0/s1. The van der Waals surface area contributed by atoms with Crippen molar-refractivity contribution in [3.05, 3.63) is 0 Å². The van der Waals surface area contributed by atoms with Gasteiger partial charge in [0.15, 0.2) is 0 Å². The molecule has 0 aromatic rings. The second kappa shape index (κ2) is 2.81. The van der Waals surface area contributed by atoms with Gasteiger partial charge in [0, 0.05) is 6.61 Å². The van der Waals surface area contributed by atoms with Crippen LogP contribution in [0.25, 0.3) is 0 Å². The summed E-state index contributed by atoms with van der Waals surface area (Å²) in [5, 5.41) is 17.4. The van der Waals surface area contributed by atoms with Gasteiger partial charge in [-0.2, -0.15) is 5.26 Å². The van der Waals surface area contributed by atoms with Gasteiger partial charge in [-0.1, -0.05) is 0 Å². The third kappa shape index (κ3) is 1.41. The Morgan fingerprint density at radius 1 is 1.67 bits per heavy atom. The van der Waals surface area contributed by atoms with E-state index < -0.39 is 6.10 Å². The Morgan fingerprint density at radius 2 is 2.44 bits per heavy atom. The van der Waals surface area contributed by atoms with Crippen LogP contribution in [0.5, 0.6) is 0 Å². The SMILES string of the molecule is N#C[C@H]1COCC[C@@H]1O. The minimum Gasteiger partial charge on any atom is -0.392 e. The first-order chi connectivity index (χ1) is 4.34. The van der Waals surface area contributed by atoms with Crippen LogP contribution in [0.4, 0.5) is 0 Å². The van der Waals surface area contributed by atoms with Crippen LogP contribution >= 0.6 is 0 Å². The van der Waals surface area contributed by atoms with Crippen molar-refractivity contribution in [3.63, 3.8) is 0 Å². The summed E-state index contributed by atoms with van der Waals surface area (Å²) in [7, 11) is 0. The van der Waals surface area contributed by atoms with Crippen molar-refractivity contribution in [1.29, 1.82) is 5.26 Å². The van der Waals surface area contributed by atoms with E-state index in [9.17, 15) is 0 Å². The molecule has 3 heteroatoms. The molecule has 1 saturated heterocycles. The molecule has 50 valence electrons. The zero-order valence-electron chi connectivity index (χ0n) is 5.08. The first kappa shape index (κ1) is 6.53. The molecular weight excluding hydrogens is 118 g/mol. The zero-order chi connectivity index (χ0) is 6.69. The van der Waals surface area contributed by atoms with Gasteiger partial charge in [0.2, 0.25) is 0 Å². The molecule has 0 spiro atoms. The molecule has 1 aliphatic rings. The number of nitrogens with zero attached hydrogens (tertiary/aromatic N) is 1. The number of hydrogen-bond acceptors (Lipinski definition) is 3. The summed E-state index contributed by atoms with van der Waals surface area (Å²) in [5.41, 5.74) is 0. The predicted octanol–water partition coefficient (Wildman–Crippen LogP) is -0.0926. The summed E-state index contributed by atoms with van der Waals surface area (Å²) in [4.78, 5) is 0. The van der Waals surface area contributed by atoms with Crippen LogP contribution in [0.15, 0.2) is 0 Å². The van der Waals surface area contributed by atoms with Crippen molar-refractivity contribution in [2.45, 2.75) is 12.5 Å². The smallest absolute Gasteiger partial charge is 0.0956 e. The van der Waals surface area contributed by atoms with Crippen LogP contribution < -0.4 is 0 Å². The highest BCUT2D eigenvalue weighted by Crippen LogP contribution is 2.12. The first-order valence-corrected chi connectivity index (χ1v) is 3.00. The fourth-order valence-electron chi connectivity index (χ4n) is 0.850. The molecule has 0 bridgehead atoms. The maximum absolute atomic E-state index is 9.07. The Labute approximate surface area is 53.9 Å². The lowest BCUT2D eigenvalue weighted by atomic mass is 10.0. The van der Waals surface area contributed by atoms with Gasteiger partial charge in [-0.25, -0.2) is 0 Å². The van der Waals surface area contributed by atoms with Gasteiger partial charge >= 0.3 is 0 Å². The molecule has 0 radical (unpaired) electrons. The summed E-state index contributed by atoms with van der Waals surface area (Å²) < 4.78 is 4.96. The van der Waals surface area contributed by atoms with E-state index in [0.29, 0.717) is 19.6 Å². The number of aliphatic hydroxyl groups excluding tert-OH is 1. The highest BCUT2D eigenvalue weighted by atomic mass is 16.5. The minimum absolute atomic E-state index is 0.307. The van der Waals surface area contributed by atoms with Crippen LogP contribution in [-0.2, 0) is 4.74 Å². The zero-order valence-corrected chi connectivity index (χ0v) is 5.08. The molecule has 0 saturated carbocycles. The topological polar surface area (TPSA) is 53.2 Å². The maximum atomic E-state index is 9.07. The Bertz CT molecular complexity index is 130. The number of aliphatic hydroxyl groups is 1.